The summed E-state index contributed by atoms with van der Waals surface area (Å²) in [6, 6.07) is 34.1. The molecule has 0 N–H and O–H groups in total. The van der Waals surface area contributed by atoms with E-state index in [1.165, 1.54) is 22.1 Å². The van der Waals surface area contributed by atoms with Crippen LogP contribution in [0.3, 0.4) is 0 Å². The Hall–Kier alpha value is -5.45. The van der Waals surface area contributed by atoms with E-state index < -0.39 is 7.25 Å². The molecule has 0 aliphatic carbocycles. The second kappa shape index (κ2) is 14.1. The average molecular weight is 736 g/mol. The van der Waals surface area contributed by atoms with Gasteiger partial charge in [-0.15, -0.1) is 4.68 Å². The number of hydrogen-bond donors (Lipinski definition) is 0. The molecule has 54 heavy (non-hydrogen) atoms. The highest BCUT2D eigenvalue weighted by molar-refractivity contribution is 6.50. The molecule has 6 nitrogen and oxygen atoms in total. The fourth-order valence-electron chi connectivity index (χ4n) is 6.28. The first-order valence-electron chi connectivity index (χ1n) is 17.9. The molecular formula is C43H46BF4N5O. The summed E-state index contributed by atoms with van der Waals surface area (Å²) in [6.45, 7) is 20.2. The lowest BCUT2D eigenvalue weighted by molar-refractivity contribution is -0.657. The van der Waals surface area contributed by atoms with Gasteiger partial charge in [0.2, 0.25) is 6.33 Å². The standard InChI is InChI=1S/C43H46N5O.BF4/c1-41(2,3)29-19-20-44-40(24-29)48-38-16-11-10-15-36(38)37-18-17-35(26-39(37)48)49-34-14-12-13-32(25-34)46-27-45-47(28-46)33-22-30(42(4,5)6)21-31(23-33)43(7,8)9;2-1(3,4)5/h10-28H,1-9H3;/q+1;-1. The van der Waals surface area contributed by atoms with E-state index in [-0.39, 0.29) is 16.2 Å². The summed E-state index contributed by atoms with van der Waals surface area (Å²) in [5.41, 5.74) is 8.06. The normalized spacial score (nSPS) is 12.5. The molecule has 0 atom stereocenters. The van der Waals surface area contributed by atoms with Crippen LogP contribution in [0.25, 0.3) is 39.0 Å². The Balaban J connectivity index is 0.000000934. The van der Waals surface area contributed by atoms with Gasteiger partial charge in [-0.2, -0.15) is 4.57 Å². The lowest BCUT2D eigenvalue weighted by Gasteiger charge is -2.25. The van der Waals surface area contributed by atoms with Crippen molar-refractivity contribution < 1.29 is 26.7 Å². The van der Waals surface area contributed by atoms with Crippen LogP contribution in [-0.2, 0) is 16.2 Å². The van der Waals surface area contributed by atoms with Crippen molar-refractivity contribution in [3.63, 3.8) is 0 Å². The SMILES string of the molecule is CC(C)(C)c1cc(-[n+]2cn(-c3cccc(Oc4ccc5c6ccccc6n(-c6cc(C(C)(C)C)ccn6)c5c4)c3)cn2)cc(C(C)(C)C)c1.F[B-](F)(F)F. The molecule has 0 aliphatic heterocycles. The molecule has 7 rings (SSSR count). The smallest absolute Gasteiger partial charge is 0.457 e. The fourth-order valence-corrected chi connectivity index (χ4v) is 6.28. The number of benzene rings is 4. The number of hydrogen-bond acceptors (Lipinski definition) is 3. The zero-order valence-electron chi connectivity index (χ0n) is 32.2. The van der Waals surface area contributed by atoms with Crippen LogP contribution in [0.15, 0.2) is 116 Å². The highest BCUT2D eigenvalue weighted by Crippen LogP contribution is 2.36. The Morgan fingerprint density at radius 3 is 1.87 bits per heavy atom. The first kappa shape index (κ1) is 38.3. The van der Waals surface area contributed by atoms with Gasteiger partial charge in [0.25, 0.3) is 6.33 Å². The van der Waals surface area contributed by atoms with Crippen LogP contribution in [0.5, 0.6) is 11.5 Å². The molecule has 0 radical (unpaired) electrons. The average Bonchev–Trinajstić information content (AvgIpc) is 3.70. The van der Waals surface area contributed by atoms with Crippen molar-refractivity contribution in [3.05, 3.63) is 133 Å². The van der Waals surface area contributed by atoms with Crippen LogP contribution < -0.4 is 9.42 Å². The molecule has 280 valence electrons. The Morgan fingerprint density at radius 2 is 1.22 bits per heavy atom. The monoisotopic (exact) mass is 735 g/mol. The van der Waals surface area contributed by atoms with Crippen molar-refractivity contribution in [1.29, 1.82) is 0 Å². The van der Waals surface area contributed by atoms with Crippen LogP contribution in [0.4, 0.5) is 17.3 Å². The topological polar surface area (TPSA) is 48.8 Å². The molecule has 0 saturated heterocycles. The number of para-hydroxylation sites is 1. The van der Waals surface area contributed by atoms with Gasteiger partial charge in [-0.25, -0.2) is 4.98 Å². The second-order valence-corrected chi connectivity index (χ2v) is 16.6. The predicted molar refractivity (Wildman–Crippen MR) is 210 cm³/mol. The number of pyridine rings is 1. The van der Waals surface area contributed by atoms with Gasteiger partial charge in [0.05, 0.1) is 11.0 Å². The number of nitrogens with zero attached hydrogens (tertiary/aromatic N) is 5. The zero-order chi connectivity index (χ0) is 39.2. The van der Waals surface area contributed by atoms with E-state index >= 15 is 0 Å². The third-order valence-corrected chi connectivity index (χ3v) is 9.29. The lowest BCUT2D eigenvalue weighted by atomic mass is 9.80. The minimum atomic E-state index is -6.00. The summed E-state index contributed by atoms with van der Waals surface area (Å²) in [7, 11) is -6.00. The van der Waals surface area contributed by atoms with E-state index in [0.29, 0.717) is 0 Å². The van der Waals surface area contributed by atoms with Crippen molar-refractivity contribution in [2.24, 2.45) is 0 Å². The molecule has 3 aromatic heterocycles. The first-order chi connectivity index (χ1) is 25.1. The molecule has 0 fully saturated rings. The molecule has 4 aromatic carbocycles. The molecule has 0 aliphatic rings. The van der Waals surface area contributed by atoms with Crippen LogP contribution in [0.1, 0.15) is 79.0 Å². The maximum atomic E-state index is 9.75. The quantitative estimate of drug-likeness (QED) is 0.100. The maximum absolute atomic E-state index is 9.75. The summed E-state index contributed by atoms with van der Waals surface area (Å²) in [5, 5.41) is 7.11. The van der Waals surface area contributed by atoms with Gasteiger partial charge in [0.15, 0.2) is 5.69 Å². The summed E-state index contributed by atoms with van der Waals surface area (Å²) < 4.78 is 51.8. The van der Waals surface area contributed by atoms with E-state index in [1.54, 1.807) is 0 Å². The molecule has 0 saturated carbocycles. The van der Waals surface area contributed by atoms with Gasteiger partial charge >= 0.3 is 7.25 Å². The van der Waals surface area contributed by atoms with Crippen molar-refractivity contribution in [1.82, 2.24) is 19.2 Å². The summed E-state index contributed by atoms with van der Waals surface area (Å²) in [4.78, 5) is 4.82. The molecule has 11 heteroatoms. The summed E-state index contributed by atoms with van der Waals surface area (Å²) in [6.07, 6.45) is 5.78. The lowest BCUT2D eigenvalue weighted by Crippen LogP contribution is -2.33. The molecule has 7 aromatic rings. The molecule has 3 heterocycles. The molecular weight excluding hydrogens is 689 g/mol. The maximum Gasteiger partial charge on any atom is 0.673 e. The molecule has 0 unspecified atom stereocenters. The Bertz CT molecular complexity index is 2410. The predicted octanol–water partition coefficient (Wildman–Crippen LogP) is 11.6. The van der Waals surface area contributed by atoms with E-state index in [0.717, 1.165) is 45.1 Å². The zero-order valence-corrected chi connectivity index (χ0v) is 32.2. The highest BCUT2D eigenvalue weighted by Gasteiger charge is 2.24. The van der Waals surface area contributed by atoms with Crippen LogP contribution in [0.2, 0.25) is 0 Å². The van der Waals surface area contributed by atoms with Crippen LogP contribution in [-0.4, -0.2) is 26.5 Å². The first-order valence-corrected chi connectivity index (χ1v) is 17.9. The summed E-state index contributed by atoms with van der Waals surface area (Å²) >= 11 is 0. The van der Waals surface area contributed by atoms with Gasteiger partial charge in [0.1, 0.15) is 23.0 Å². The Morgan fingerprint density at radius 1 is 0.611 bits per heavy atom. The third-order valence-electron chi connectivity index (χ3n) is 9.29. The third kappa shape index (κ3) is 8.67. The van der Waals surface area contributed by atoms with E-state index in [9.17, 15) is 17.3 Å². The second-order valence-electron chi connectivity index (χ2n) is 16.6. The van der Waals surface area contributed by atoms with E-state index in [4.69, 9.17) is 14.8 Å². The number of fused-ring (bicyclic) bond motifs is 3. The molecule has 0 spiro atoms. The number of halogens is 4. The van der Waals surface area contributed by atoms with Gasteiger partial charge in [-0.05, 0) is 92.6 Å². The van der Waals surface area contributed by atoms with Crippen LogP contribution in [0, 0.1) is 0 Å². The van der Waals surface area contributed by atoms with Gasteiger partial charge in [-0.1, -0.05) is 92.6 Å². The number of ether oxygens (including phenoxy) is 1. The minimum Gasteiger partial charge on any atom is -0.457 e. The van der Waals surface area contributed by atoms with E-state index in [2.05, 4.69) is 140 Å². The van der Waals surface area contributed by atoms with Gasteiger partial charge < -0.3 is 22.0 Å². The van der Waals surface area contributed by atoms with Crippen molar-refractivity contribution in [3.8, 4) is 28.7 Å². The summed E-state index contributed by atoms with van der Waals surface area (Å²) in [5.74, 6) is 2.40. The molecule has 0 amide bonds. The van der Waals surface area contributed by atoms with Gasteiger partial charge in [-0.3, -0.25) is 4.57 Å². The van der Waals surface area contributed by atoms with Crippen molar-refractivity contribution >= 4 is 29.1 Å². The van der Waals surface area contributed by atoms with Crippen LogP contribution >= 0.6 is 0 Å². The Labute approximate surface area is 314 Å². The number of rotatable bonds is 5. The van der Waals surface area contributed by atoms with Crippen molar-refractivity contribution in [2.75, 3.05) is 0 Å². The van der Waals surface area contributed by atoms with Gasteiger partial charge in [0, 0.05) is 29.1 Å². The minimum absolute atomic E-state index is 0.01000. The Kier molecular flexibility index (Phi) is 9.98. The van der Waals surface area contributed by atoms with Crippen molar-refractivity contribution in [2.45, 2.75) is 78.6 Å². The molecule has 0 bridgehead atoms. The highest BCUT2D eigenvalue weighted by atomic mass is 19.5. The fraction of sp³-hybridized carbons (Fsp3) is 0.279. The largest absolute Gasteiger partial charge is 0.673 e. The van der Waals surface area contributed by atoms with E-state index in [1.807, 2.05) is 52.4 Å². The number of aromatic nitrogens is 5.